The number of aryl methyl sites for hydroxylation is 1. The van der Waals surface area contributed by atoms with Crippen LogP contribution in [0.2, 0.25) is 0 Å². The summed E-state index contributed by atoms with van der Waals surface area (Å²) in [5.74, 6) is 0.673. The van der Waals surface area contributed by atoms with E-state index < -0.39 is 9.84 Å². The zero-order chi connectivity index (χ0) is 19.2. The largest absolute Gasteiger partial charge is 0.381 e. The molecule has 0 bridgehead atoms. The van der Waals surface area contributed by atoms with Crippen LogP contribution in [-0.4, -0.2) is 42.3 Å². The van der Waals surface area contributed by atoms with Crippen molar-refractivity contribution >= 4 is 21.3 Å². The van der Waals surface area contributed by atoms with Crippen LogP contribution in [0, 0.1) is 6.92 Å². The van der Waals surface area contributed by atoms with Crippen molar-refractivity contribution in [1.82, 2.24) is 14.4 Å². The zero-order valence-corrected chi connectivity index (χ0v) is 16.2. The van der Waals surface area contributed by atoms with Gasteiger partial charge in [0.15, 0.2) is 21.3 Å². The first kappa shape index (κ1) is 17.9. The predicted octanol–water partition coefficient (Wildman–Crippen LogP) is 2.58. The summed E-state index contributed by atoms with van der Waals surface area (Å²) in [6.45, 7) is 3.39. The number of anilines is 1. The molecule has 3 aromatic rings. The molecule has 0 spiro atoms. The third-order valence-corrected chi connectivity index (χ3v) is 6.20. The predicted molar refractivity (Wildman–Crippen MR) is 103 cm³/mol. The first-order chi connectivity index (χ1) is 12.8. The van der Waals surface area contributed by atoms with Gasteiger partial charge in [-0.15, -0.1) is 0 Å². The Kier molecular flexibility index (Phi) is 4.39. The maximum atomic E-state index is 12.0. The molecule has 0 aliphatic carbocycles. The number of benzene rings is 1. The van der Waals surface area contributed by atoms with Crippen molar-refractivity contribution in [2.75, 3.05) is 25.2 Å². The Morgan fingerprint density at radius 1 is 1.26 bits per heavy atom. The monoisotopic (exact) mass is 386 g/mol. The lowest BCUT2D eigenvalue weighted by molar-refractivity contribution is 0.0844. The molecule has 4 rings (SSSR count). The Morgan fingerprint density at radius 3 is 2.70 bits per heavy atom. The zero-order valence-electron chi connectivity index (χ0n) is 15.3. The molecule has 1 fully saturated rings. The third-order valence-electron chi connectivity index (χ3n) is 5.09. The minimum Gasteiger partial charge on any atom is -0.381 e. The van der Waals surface area contributed by atoms with E-state index in [1.54, 1.807) is 18.3 Å². The Hall–Kier alpha value is -2.45. The van der Waals surface area contributed by atoms with Gasteiger partial charge in [-0.2, -0.15) is 0 Å². The first-order valence-corrected chi connectivity index (χ1v) is 10.8. The summed E-state index contributed by atoms with van der Waals surface area (Å²) in [6, 6.07) is 5.13. The van der Waals surface area contributed by atoms with Crippen molar-refractivity contribution in [2.24, 2.45) is 0 Å². The summed E-state index contributed by atoms with van der Waals surface area (Å²) in [4.78, 5) is 9.25. The number of rotatable bonds is 3. The Labute approximate surface area is 158 Å². The van der Waals surface area contributed by atoms with E-state index in [0.29, 0.717) is 17.4 Å². The van der Waals surface area contributed by atoms with E-state index >= 15 is 0 Å². The average molecular weight is 386 g/mol. The van der Waals surface area contributed by atoms with Crippen molar-refractivity contribution in [3.05, 3.63) is 41.9 Å². The number of fused-ring (bicyclic) bond motifs is 1. The van der Waals surface area contributed by atoms with Crippen LogP contribution >= 0.6 is 0 Å². The highest BCUT2D eigenvalue weighted by Gasteiger charge is 2.21. The van der Waals surface area contributed by atoms with Crippen LogP contribution in [0.25, 0.3) is 16.9 Å². The third kappa shape index (κ3) is 3.30. The number of nitrogens with zero attached hydrogens (tertiary/aromatic N) is 3. The van der Waals surface area contributed by atoms with Crippen LogP contribution in [0.5, 0.6) is 0 Å². The highest BCUT2D eigenvalue weighted by Crippen LogP contribution is 2.31. The fraction of sp³-hybridized carbons (Fsp3) is 0.368. The fourth-order valence-corrected chi connectivity index (χ4v) is 4.18. The number of imidazole rings is 1. The molecule has 27 heavy (non-hydrogen) atoms. The van der Waals surface area contributed by atoms with Gasteiger partial charge in [-0.25, -0.2) is 18.4 Å². The van der Waals surface area contributed by atoms with Gasteiger partial charge in [0, 0.05) is 37.1 Å². The topological polar surface area (TPSA) is 99.6 Å². The van der Waals surface area contributed by atoms with Crippen LogP contribution < -0.4 is 5.73 Å². The molecule has 1 aliphatic rings. The quantitative estimate of drug-likeness (QED) is 0.743. The Morgan fingerprint density at radius 2 is 2.00 bits per heavy atom. The van der Waals surface area contributed by atoms with Crippen molar-refractivity contribution in [3.8, 4) is 11.3 Å². The van der Waals surface area contributed by atoms with E-state index in [1.807, 2.05) is 23.6 Å². The summed E-state index contributed by atoms with van der Waals surface area (Å²) in [7, 11) is -3.30. The molecule has 0 amide bonds. The first-order valence-electron chi connectivity index (χ1n) is 8.87. The summed E-state index contributed by atoms with van der Waals surface area (Å²) in [5, 5.41) is 0. The number of nitrogen functional groups attached to an aromatic ring is 1. The van der Waals surface area contributed by atoms with E-state index in [9.17, 15) is 8.42 Å². The average Bonchev–Trinajstić information content (AvgIpc) is 3.06. The second kappa shape index (κ2) is 6.61. The molecule has 2 aromatic heterocycles. The number of nitrogens with two attached hydrogens (primary N) is 1. The van der Waals surface area contributed by atoms with E-state index in [-0.39, 0.29) is 4.90 Å². The van der Waals surface area contributed by atoms with E-state index in [4.69, 9.17) is 10.5 Å². The second-order valence-corrected chi connectivity index (χ2v) is 9.04. The van der Waals surface area contributed by atoms with Crippen LogP contribution in [0.3, 0.4) is 0 Å². The molecule has 0 saturated carbocycles. The van der Waals surface area contributed by atoms with Gasteiger partial charge in [0.25, 0.3) is 0 Å². The van der Waals surface area contributed by atoms with E-state index in [0.717, 1.165) is 48.6 Å². The maximum Gasteiger partial charge on any atom is 0.180 e. The van der Waals surface area contributed by atoms with Crippen molar-refractivity contribution < 1.29 is 13.2 Å². The molecule has 1 aliphatic heterocycles. The highest BCUT2D eigenvalue weighted by molar-refractivity contribution is 7.90. The lowest BCUT2D eigenvalue weighted by Gasteiger charge is -2.22. The van der Waals surface area contributed by atoms with E-state index in [1.165, 1.54) is 6.26 Å². The smallest absolute Gasteiger partial charge is 0.180 e. The minimum absolute atomic E-state index is 0.282. The molecule has 8 heteroatoms. The van der Waals surface area contributed by atoms with Gasteiger partial charge in [0.2, 0.25) is 0 Å². The van der Waals surface area contributed by atoms with E-state index in [2.05, 4.69) is 9.97 Å². The molecule has 0 unspecified atom stereocenters. The molecule has 7 nitrogen and oxygen atoms in total. The SMILES string of the molecule is Cc1ccc(S(C)(=O)=O)cc1-c1cnc2c(N)nc(C3CCOCC3)cn12. The lowest BCUT2D eigenvalue weighted by Crippen LogP contribution is -2.16. The number of aromatic nitrogens is 3. The lowest BCUT2D eigenvalue weighted by atomic mass is 9.97. The fourth-order valence-electron chi connectivity index (χ4n) is 3.53. The highest BCUT2D eigenvalue weighted by atomic mass is 32.2. The number of hydrogen-bond donors (Lipinski definition) is 1. The van der Waals surface area contributed by atoms with Gasteiger partial charge < -0.3 is 10.5 Å². The van der Waals surface area contributed by atoms with Crippen LogP contribution in [0.4, 0.5) is 5.82 Å². The molecular weight excluding hydrogens is 364 g/mol. The summed E-state index contributed by atoms with van der Waals surface area (Å²) in [6.07, 6.45) is 6.71. The normalized spacial score (nSPS) is 16.1. The Balaban J connectivity index is 1.89. The molecule has 142 valence electrons. The number of sulfone groups is 1. The molecule has 0 radical (unpaired) electrons. The van der Waals surface area contributed by atoms with Gasteiger partial charge in [-0.05, 0) is 37.5 Å². The molecular formula is C19H22N4O3S. The second-order valence-electron chi connectivity index (χ2n) is 7.02. The molecule has 1 saturated heterocycles. The molecule has 0 atom stereocenters. The molecule has 1 aromatic carbocycles. The van der Waals surface area contributed by atoms with Gasteiger partial charge in [-0.3, -0.25) is 4.40 Å². The summed E-state index contributed by atoms with van der Waals surface area (Å²) < 4.78 is 31.3. The van der Waals surface area contributed by atoms with Gasteiger partial charge in [0.1, 0.15) is 0 Å². The summed E-state index contributed by atoms with van der Waals surface area (Å²) >= 11 is 0. The van der Waals surface area contributed by atoms with Gasteiger partial charge in [-0.1, -0.05) is 6.07 Å². The standard InChI is InChI=1S/C19H22N4O3S/c1-12-3-4-14(27(2,24)25)9-15(12)17-10-21-19-18(20)22-16(11-23(17)19)13-5-7-26-8-6-13/h3-4,9-11,13H,5-8H2,1-2H3,(H2,20,22). The minimum atomic E-state index is -3.30. The van der Waals surface area contributed by atoms with Crippen molar-refractivity contribution in [1.29, 1.82) is 0 Å². The van der Waals surface area contributed by atoms with Crippen LogP contribution in [0.15, 0.2) is 35.5 Å². The van der Waals surface area contributed by atoms with Crippen LogP contribution in [-0.2, 0) is 14.6 Å². The van der Waals surface area contributed by atoms with Gasteiger partial charge in [0.05, 0.1) is 22.5 Å². The summed E-state index contributed by atoms with van der Waals surface area (Å²) in [5.41, 5.74) is 10.2. The number of ether oxygens (including phenoxy) is 1. The molecule has 3 heterocycles. The van der Waals surface area contributed by atoms with Crippen molar-refractivity contribution in [3.63, 3.8) is 0 Å². The van der Waals surface area contributed by atoms with Crippen LogP contribution in [0.1, 0.15) is 30.0 Å². The molecule has 2 N–H and O–H groups in total. The van der Waals surface area contributed by atoms with Gasteiger partial charge >= 0.3 is 0 Å². The van der Waals surface area contributed by atoms with Crippen molar-refractivity contribution in [2.45, 2.75) is 30.6 Å². The Bertz CT molecular complexity index is 1120. The maximum absolute atomic E-state index is 12.0. The number of hydrogen-bond acceptors (Lipinski definition) is 6.